The van der Waals surface area contributed by atoms with Gasteiger partial charge in [-0.25, -0.2) is 9.97 Å². The van der Waals surface area contributed by atoms with Gasteiger partial charge in [0, 0.05) is 51.8 Å². The van der Waals surface area contributed by atoms with Crippen molar-refractivity contribution in [3.05, 3.63) is 12.4 Å². The maximum atomic E-state index is 13.0. The Bertz CT molecular complexity index is 707. The van der Waals surface area contributed by atoms with Crippen LogP contribution in [0.1, 0.15) is 58.3 Å². The highest BCUT2D eigenvalue weighted by Gasteiger charge is 2.27. The molecule has 0 aromatic carbocycles. The third kappa shape index (κ3) is 6.31. The third-order valence-corrected chi connectivity index (χ3v) is 7.21. The highest BCUT2D eigenvalue weighted by Crippen LogP contribution is 2.27. The highest BCUT2D eigenvalue weighted by molar-refractivity contribution is 5.76. The molecule has 0 bridgehead atoms. The van der Waals surface area contributed by atoms with Gasteiger partial charge in [-0.05, 0) is 76.8 Å². The maximum Gasteiger partial charge on any atom is 0.222 e. The van der Waals surface area contributed by atoms with Gasteiger partial charge in [-0.3, -0.25) is 4.79 Å². The first-order valence-corrected chi connectivity index (χ1v) is 12.5. The Morgan fingerprint density at radius 2 is 1.84 bits per heavy atom. The van der Waals surface area contributed by atoms with Crippen molar-refractivity contribution in [1.29, 1.82) is 0 Å². The molecule has 31 heavy (non-hydrogen) atoms. The topological polar surface area (TPSA) is 64.6 Å². The molecule has 172 valence electrons. The fourth-order valence-electron chi connectivity index (χ4n) is 5.56. The molecule has 7 heteroatoms. The average Bonchev–Trinajstić information content (AvgIpc) is 3.31. The number of nitrogens with zero attached hydrogens (tertiary/aromatic N) is 5. The van der Waals surface area contributed by atoms with E-state index in [2.05, 4.69) is 36.9 Å². The molecule has 3 fully saturated rings. The highest BCUT2D eigenvalue weighted by atomic mass is 16.2. The molecule has 1 aromatic heterocycles. The van der Waals surface area contributed by atoms with Crippen LogP contribution in [-0.4, -0.2) is 78.0 Å². The molecule has 1 N–H and O–H groups in total. The summed E-state index contributed by atoms with van der Waals surface area (Å²) in [5.74, 6) is 3.51. The van der Waals surface area contributed by atoms with Gasteiger partial charge >= 0.3 is 0 Å². The first-order valence-electron chi connectivity index (χ1n) is 12.5. The number of anilines is 2. The predicted octanol–water partition coefficient (Wildman–Crippen LogP) is 3.24. The van der Waals surface area contributed by atoms with E-state index in [1.165, 1.54) is 58.2 Å². The smallest absolute Gasteiger partial charge is 0.222 e. The number of hydrogen-bond acceptors (Lipinski definition) is 6. The van der Waals surface area contributed by atoms with E-state index in [4.69, 9.17) is 0 Å². The van der Waals surface area contributed by atoms with Crippen LogP contribution in [0.15, 0.2) is 12.4 Å². The summed E-state index contributed by atoms with van der Waals surface area (Å²) in [6.45, 7) is 10.6. The Hall–Kier alpha value is -1.89. The first kappa shape index (κ1) is 22.3. The second-order valence-electron chi connectivity index (χ2n) is 9.64. The molecule has 4 rings (SSSR count). The van der Waals surface area contributed by atoms with Crippen molar-refractivity contribution in [3.63, 3.8) is 0 Å². The van der Waals surface area contributed by atoms with Crippen LogP contribution in [0, 0.1) is 11.8 Å². The number of amides is 1. The SMILES string of the molecule is CCNc1cc(N2CCC[C@H](CCC(=O)N3CCC[C@H](CN4CCCC4)C3)C2)ncn1. The number of carbonyl (C=O) groups is 1. The van der Waals surface area contributed by atoms with Crippen molar-refractivity contribution >= 4 is 17.5 Å². The number of likely N-dealkylation sites (tertiary alicyclic amines) is 2. The number of carbonyl (C=O) groups excluding carboxylic acids is 1. The van der Waals surface area contributed by atoms with Crippen LogP contribution in [0.5, 0.6) is 0 Å². The van der Waals surface area contributed by atoms with Crippen LogP contribution in [-0.2, 0) is 4.79 Å². The summed E-state index contributed by atoms with van der Waals surface area (Å²) in [5, 5.41) is 3.27. The number of nitrogens with one attached hydrogen (secondary N) is 1. The third-order valence-electron chi connectivity index (χ3n) is 7.21. The lowest BCUT2D eigenvalue weighted by Gasteiger charge is -2.36. The summed E-state index contributed by atoms with van der Waals surface area (Å²) < 4.78 is 0. The predicted molar refractivity (Wildman–Crippen MR) is 125 cm³/mol. The Morgan fingerprint density at radius 1 is 1.03 bits per heavy atom. The lowest BCUT2D eigenvalue weighted by Crippen LogP contribution is -2.43. The molecule has 4 heterocycles. The van der Waals surface area contributed by atoms with Crippen molar-refractivity contribution in [3.8, 4) is 0 Å². The molecule has 0 radical (unpaired) electrons. The minimum atomic E-state index is 0.375. The fraction of sp³-hybridized carbons (Fsp3) is 0.792. The normalized spacial score (nSPS) is 25.1. The molecule has 3 aliphatic heterocycles. The molecule has 0 aliphatic carbocycles. The van der Waals surface area contributed by atoms with Gasteiger partial charge in [-0.2, -0.15) is 0 Å². The van der Waals surface area contributed by atoms with E-state index in [0.29, 0.717) is 24.2 Å². The summed E-state index contributed by atoms with van der Waals surface area (Å²) in [7, 11) is 0. The Balaban J connectivity index is 1.23. The first-order chi connectivity index (χ1) is 15.2. The Labute approximate surface area is 187 Å². The van der Waals surface area contributed by atoms with Crippen molar-refractivity contribution in [2.75, 3.05) is 62.6 Å². The number of aromatic nitrogens is 2. The van der Waals surface area contributed by atoms with E-state index in [9.17, 15) is 4.79 Å². The van der Waals surface area contributed by atoms with Gasteiger partial charge in [0.2, 0.25) is 5.91 Å². The minimum Gasteiger partial charge on any atom is -0.370 e. The zero-order valence-corrected chi connectivity index (χ0v) is 19.3. The molecule has 0 saturated carbocycles. The van der Waals surface area contributed by atoms with Gasteiger partial charge in [-0.15, -0.1) is 0 Å². The van der Waals surface area contributed by atoms with Crippen molar-refractivity contribution in [2.45, 2.75) is 58.3 Å². The van der Waals surface area contributed by atoms with Crippen LogP contribution >= 0.6 is 0 Å². The van der Waals surface area contributed by atoms with E-state index in [0.717, 1.165) is 50.8 Å². The molecule has 0 spiro atoms. The Kier molecular flexibility index (Phi) is 8.00. The van der Waals surface area contributed by atoms with Crippen LogP contribution in [0.25, 0.3) is 0 Å². The summed E-state index contributed by atoms with van der Waals surface area (Å²) >= 11 is 0. The lowest BCUT2D eigenvalue weighted by atomic mass is 9.92. The standard InChI is InChI=1S/C24H40N6O/c1-2-25-22-15-23(27-19-26-22)29-13-5-7-20(17-29)9-10-24(31)30-14-6-8-21(18-30)16-28-11-3-4-12-28/h15,19-21H,2-14,16-18H2,1H3,(H,25,26,27)/t20-,21-/m1/s1. The van der Waals surface area contributed by atoms with E-state index in [1.807, 2.05) is 6.07 Å². The molecule has 0 unspecified atom stereocenters. The summed E-state index contributed by atoms with van der Waals surface area (Å²) in [4.78, 5) is 28.9. The second kappa shape index (κ2) is 11.1. The van der Waals surface area contributed by atoms with Crippen molar-refractivity contribution in [2.24, 2.45) is 11.8 Å². The van der Waals surface area contributed by atoms with Crippen LogP contribution in [0.3, 0.4) is 0 Å². The van der Waals surface area contributed by atoms with E-state index < -0.39 is 0 Å². The van der Waals surface area contributed by atoms with Crippen LogP contribution in [0.2, 0.25) is 0 Å². The summed E-state index contributed by atoms with van der Waals surface area (Å²) in [6, 6.07) is 2.05. The fourth-order valence-corrected chi connectivity index (χ4v) is 5.56. The monoisotopic (exact) mass is 428 g/mol. The van der Waals surface area contributed by atoms with Gasteiger partial charge in [0.25, 0.3) is 0 Å². The molecular weight excluding hydrogens is 388 g/mol. The van der Waals surface area contributed by atoms with Gasteiger partial charge in [0.1, 0.15) is 18.0 Å². The molecule has 2 atom stereocenters. The molecule has 1 amide bonds. The van der Waals surface area contributed by atoms with Gasteiger partial charge < -0.3 is 20.0 Å². The quantitative estimate of drug-likeness (QED) is 0.686. The van der Waals surface area contributed by atoms with Crippen LogP contribution < -0.4 is 10.2 Å². The average molecular weight is 429 g/mol. The lowest BCUT2D eigenvalue weighted by molar-refractivity contribution is -0.133. The molecule has 3 saturated heterocycles. The number of rotatable bonds is 8. The zero-order chi connectivity index (χ0) is 21.5. The molecule has 3 aliphatic rings. The van der Waals surface area contributed by atoms with E-state index in [-0.39, 0.29) is 0 Å². The van der Waals surface area contributed by atoms with Gasteiger partial charge in [-0.1, -0.05) is 0 Å². The maximum absolute atomic E-state index is 13.0. The van der Waals surface area contributed by atoms with Crippen molar-refractivity contribution < 1.29 is 4.79 Å². The number of piperidine rings is 2. The minimum absolute atomic E-state index is 0.375. The van der Waals surface area contributed by atoms with E-state index >= 15 is 0 Å². The number of hydrogen-bond donors (Lipinski definition) is 1. The zero-order valence-electron chi connectivity index (χ0n) is 19.3. The molecular formula is C24H40N6O. The summed E-state index contributed by atoms with van der Waals surface area (Å²) in [6.07, 6.45) is 10.9. The molecule has 1 aromatic rings. The Morgan fingerprint density at radius 3 is 2.68 bits per heavy atom. The van der Waals surface area contributed by atoms with E-state index in [1.54, 1.807) is 6.33 Å². The molecule has 7 nitrogen and oxygen atoms in total. The van der Waals surface area contributed by atoms with Crippen molar-refractivity contribution in [1.82, 2.24) is 19.8 Å². The van der Waals surface area contributed by atoms with Gasteiger partial charge in [0.15, 0.2) is 0 Å². The second-order valence-corrected chi connectivity index (χ2v) is 9.64. The summed E-state index contributed by atoms with van der Waals surface area (Å²) in [5.41, 5.74) is 0. The van der Waals surface area contributed by atoms with Crippen LogP contribution in [0.4, 0.5) is 11.6 Å². The largest absolute Gasteiger partial charge is 0.370 e. The van der Waals surface area contributed by atoms with Gasteiger partial charge in [0.05, 0.1) is 0 Å².